The number of hydrogen-bond donors (Lipinski definition) is 2. The van der Waals surface area contributed by atoms with E-state index in [0.29, 0.717) is 6.54 Å². The third-order valence-corrected chi connectivity index (χ3v) is 2.17. The van der Waals surface area contributed by atoms with Gasteiger partial charge in [0, 0.05) is 21.9 Å². The van der Waals surface area contributed by atoms with Crippen LogP contribution in [0.1, 0.15) is 0 Å². The minimum absolute atomic E-state index is 0.155. The Morgan fingerprint density at radius 1 is 1.57 bits per heavy atom. The van der Waals surface area contributed by atoms with E-state index in [0.717, 1.165) is 9.26 Å². The van der Waals surface area contributed by atoms with Crippen LogP contribution in [0.2, 0.25) is 0 Å². The quantitative estimate of drug-likeness (QED) is 0.660. The summed E-state index contributed by atoms with van der Waals surface area (Å²) in [6.45, 7) is 0.375. The zero-order valence-corrected chi connectivity index (χ0v) is 9.69. The number of anilines is 1. The maximum atomic E-state index is 11.2. The summed E-state index contributed by atoms with van der Waals surface area (Å²) in [6.07, 6.45) is 3.04. The molecule has 1 amide bonds. The molecular formula is C10H11IN2O. The molecule has 4 heteroatoms. The molecule has 0 saturated carbocycles. The number of carbonyl (C=O) groups excluding carboxylic acids is 1. The van der Waals surface area contributed by atoms with Crippen LogP contribution in [0, 0.1) is 3.57 Å². The SMILES string of the molecule is NC/C=C/C(=O)Nc1cccc(I)c1. The van der Waals surface area contributed by atoms with Crippen LogP contribution < -0.4 is 11.1 Å². The van der Waals surface area contributed by atoms with E-state index in [-0.39, 0.29) is 5.91 Å². The molecule has 0 saturated heterocycles. The summed E-state index contributed by atoms with van der Waals surface area (Å²) in [5.74, 6) is -0.155. The fourth-order valence-corrected chi connectivity index (χ4v) is 1.47. The van der Waals surface area contributed by atoms with E-state index < -0.39 is 0 Å². The third-order valence-electron chi connectivity index (χ3n) is 1.50. The number of halogens is 1. The van der Waals surface area contributed by atoms with Crippen LogP contribution in [0.4, 0.5) is 5.69 Å². The van der Waals surface area contributed by atoms with Crippen LogP contribution in [-0.2, 0) is 4.79 Å². The van der Waals surface area contributed by atoms with Crippen molar-refractivity contribution in [2.45, 2.75) is 0 Å². The fraction of sp³-hybridized carbons (Fsp3) is 0.100. The van der Waals surface area contributed by atoms with Crippen molar-refractivity contribution in [2.24, 2.45) is 5.73 Å². The predicted octanol–water partition coefficient (Wildman–Crippen LogP) is 1.74. The number of benzene rings is 1. The lowest BCUT2D eigenvalue weighted by molar-refractivity contribution is -0.111. The average molecular weight is 302 g/mol. The molecule has 0 fully saturated rings. The van der Waals surface area contributed by atoms with Gasteiger partial charge in [-0.2, -0.15) is 0 Å². The molecule has 0 atom stereocenters. The van der Waals surface area contributed by atoms with Crippen molar-refractivity contribution in [1.29, 1.82) is 0 Å². The van der Waals surface area contributed by atoms with Gasteiger partial charge in [-0.15, -0.1) is 0 Å². The molecule has 0 aliphatic carbocycles. The summed E-state index contributed by atoms with van der Waals surface area (Å²) in [6, 6.07) is 7.60. The van der Waals surface area contributed by atoms with Crippen molar-refractivity contribution in [1.82, 2.24) is 0 Å². The molecule has 0 heterocycles. The highest BCUT2D eigenvalue weighted by Crippen LogP contribution is 2.11. The molecule has 0 spiro atoms. The van der Waals surface area contributed by atoms with Crippen molar-refractivity contribution < 1.29 is 4.79 Å². The molecule has 3 N–H and O–H groups in total. The van der Waals surface area contributed by atoms with Gasteiger partial charge in [0.05, 0.1) is 0 Å². The van der Waals surface area contributed by atoms with Gasteiger partial charge < -0.3 is 11.1 Å². The van der Waals surface area contributed by atoms with E-state index in [1.165, 1.54) is 6.08 Å². The van der Waals surface area contributed by atoms with E-state index in [2.05, 4.69) is 27.9 Å². The zero-order chi connectivity index (χ0) is 10.4. The highest BCUT2D eigenvalue weighted by molar-refractivity contribution is 14.1. The molecule has 0 unspecified atom stereocenters. The van der Waals surface area contributed by atoms with E-state index in [1.54, 1.807) is 6.08 Å². The molecule has 0 aromatic heterocycles. The molecule has 0 bridgehead atoms. The second kappa shape index (κ2) is 5.77. The lowest BCUT2D eigenvalue weighted by Crippen LogP contribution is -2.08. The Hall–Kier alpha value is -0.880. The Balaban J connectivity index is 2.60. The average Bonchev–Trinajstić information content (AvgIpc) is 2.15. The zero-order valence-electron chi connectivity index (χ0n) is 7.53. The van der Waals surface area contributed by atoms with Crippen molar-refractivity contribution in [2.75, 3.05) is 11.9 Å². The minimum atomic E-state index is -0.155. The van der Waals surface area contributed by atoms with E-state index >= 15 is 0 Å². The fourth-order valence-electron chi connectivity index (χ4n) is 0.925. The lowest BCUT2D eigenvalue weighted by atomic mass is 10.3. The van der Waals surface area contributed by atoms with Crippen LogP contribution in [0.5, 0.6) is 0 Å². The van der Waals surface area contributed by atoms with Crippen molar-refractivity contribution in [3.05, 3.63) is 40.0 Å². The maximum Gasteiger partial charge on any atom is 0.248 e. The van der Waals surface area contributed by atoms with Crippen LogP contribution >= 0.6 is 22.6 Å². The number of hydrogen-bond acceptors (Lipinski definition) is 2. The number of amides is 1. The standard InChI is InChI=1S/C10H11IN2O/c11-8-3-1-4-9(7-8)13-10(14)5-2-6-12/h1-5,7H,6,12H2,(H,13,14)/b5-2+. The van der Waals surface area contributed by atoms with Crippen LogP contribution in [-0.4, -0.2) is 12.5 Å². The number of nitrogens with two attached hydrogens (primary N) is 1. The third kappa shape index (κ3) is 3.89. The van der Waals surface area contributed by atoms with Gasteiger partial charge in [0.25, 0.3) is 0 Å². The number of rotatable bonds is 3. The predicted molar refractivity (Wildman–Crippen MR) is 66.0 cm³/mol. The molecule has 1 aromatic carbocycles. The molecule has 1 aromatic rings. The van der Waals surface area contributed by atoms with Crippen molar-refractivity contribution >= 4 is 34.2 Å². The number of carbonyl (C=O) groups is 1. The van der Waals surface area contributed by atoms with Gasteiger partial charge in [0.2, 0.25) is 5.91 Å². The summed E-state index contributed by atoms with van der Waals surface area (Å²) >= 11 is 2.19. The summed E-state index contributed by atoms with van der Waals surface area (Å²) in [5, 5.41) is 2.73. The number of nitrogens with one attached hydrogen (secondary N) is 1. The largest absolute Gasteiger partial charge is 0.327 e. The van der Waals surface area contributed by atoms with Gasteiger partial charge in [-0.3, -0.25) is 4.79 Å². The first-order chi connectivity index (χ1) is 6.72. The second-order valence-electron chi connectivity index (χ2n) is 2.64. The van der Waals surface area contributed by atoms with Gasteiger partial charge in [0.1, 0.15) is 0 Å². The lowest BCUT2D eigenvalue weighted by Gasteiger charge is -2.01. The van der Waals surface area contributed by atoms with E-state index in [1.807, 2.05) is 24.3 Å². The summed E-state index contributed by atoms with van der Waals surface area (Å²) < 4.78 is 1.09. The van der Waals surface area contributed by atoms with Gasteiger partial charge >= 0.3 is 0 Å². The minimum Gasteiger partial charge on any atom is -0.327 e. The summed E-state index contributed by atoms with van der Waals surface area (Å²) in [4.78, 5) is 11.2. The van der Waals surface area contributed by atoms with E-state index in [4.69, 9.17) is 5.73 Å². The monoisotopic (exact) mass is 302 g/mol. The molecule has 0 aliphatic rings. The molecule has 3 nitrogen and oxygen atoms in total. The molecule has 0 aliphatic heterocycles. The highest BCUT2D eigenvalue weighted by Gasteiger charge is 1.96. The Labute approximate surface area is 96.5 Å². The normalized spacial score (nSPS) is 10.4. The maximum absolute atomic E-state index is 11.2. The first-order valence-electron chi connectivity index (χ1n) is 4.15. The Bertz CT molecular complexity index is 350. The van der Waals surface area contributed by atoms with Crippen molar-refractivity contribution in [3.63, 3.8) is 0 Å². The smallest absolute Gasteiger partial charge is 0.248 e. The molecule has 0 radical (unpaired) electrons. The van der Waals surface area contributed by atoms with E-state index in [9.17, 15) is 4.79 Å². The first kappa shape index (κ1) is 11.2. The summed E-state index contributed by atoms with van der Waals surface area (Å²) in [7, 11) is 0. The van der Waals surface area contributed by atoms with Crippen LogP contribution in [0.3, 0.4) is 0 Å². The molecule has 1 rings (SSSR count). The Kier molecular flexibility index (Phi) is 4.61. The Morgan fingerprint density at radius 3 is 3.00 bits per heavy atom. The van der Waals surface area contributed by atoms with Gasteiger partial charge in [-0.25, -0.2) is 0 Å². The Morgan fingerprint density at radius 2 is 2.36 bits per heavy atom. The van der Waals surface area contributed by atoms with Gasteiger partial charge in [-0.1, -0.05) is 12.1 Å². The second-order valence-corrected chi connectivity index (χ2v) is 3.88. The van der Waals surface area contributed by atoms with Gasteiger partial charge in [0.15, 0.2) is 0 Å². The van der Waals surface area contributed by atoms with Crippen molar-refractivity contribution in [3.8, 4) is 0 Å². The summed E-state index contributed by atoms with van der Waals surface area (Å²) in [5.41, 5.74) is 6.02. The van der Waals surface area contributed by atoms with Crippen LogP contribution in [0.15, 0.2) is 36.4 Å². The highest BCUT2D eigenvalue weighted by atomic mass is 127. The topological polar surface area (TPSA) is 55.1 Å². The first-order valence-corrected chi connectivity index (χ1v) is 5.23. The van der Waals surface area contributed by atoms with Gasteiger partial charge in [-0.05, 0) is 40.8 Å². The molecule has 74 valence electrons. The van der Waals surface area contributed by atoms with Crippen LogP contribution in [0.25, 0.3) is 0 Å². The molecule has 14 heavy (non-hydrogen) atoms. The molecular weight excluding hydrogens is 291 g/mol.